The highest BCUT2D eigenvalue weighted by atomic mass is 16.5. The molecule has 1 heterocycles. The van der Waals surface area contributed by atoms with E-state index in [-0.39, 0.29) is 12.1 Å². The Labute approximate surface area is 105 Å². The number of carbonyl (C=O) groups excluding carboxylic acids is 2. The van der Waals surface area contributed by atoms with Crippen LogP contribution in [-0.4, -0.2) is 37.1 Å². The van der Waals surface area contributed by atoms with Crippen molar-refractivity contribution < 1.29 is 14.3 Å². The van der Waals surface area contributed by atoms with Crippen LogP contribution in [0.3, 0.4) is 0 Å². The fourth-order valence-corrected chi connectivity index (χ4v) is 1.51. The summed E-state index contributed by atoms with van der Waals surface area (Å²) in [5, 5.41) is 0. The van der Waals surface area contributed by atoms with Gasteiger partial charge >= 0.3 is 5.97 Å². The molecule has 7 nitrogen and oxygen atoms in total. The van der Waals surface area contributed by atoms with Gasteiger partial charge in [-0.15, -0.1) is 0 Å². The average Bonchev–Trinajstić information content (AvgIpc) is 2.35. The lowest BCUT2D eigenvalue weighted by Gasteiger charge is -2.22. The number of nitrogen functional groups attached to an aromatic ring is 1. The van der Waals surface area contributed by atoms with Crippen LogP contribution in [0.1, 0.15) is 17.3 Å². The van der Waals surface area contributed by atoms with Gasteiger partial charge in [-0.2, -0.15) is 0 Å². The number of amides is 1. The van der Waals surface area contributed by atoms with Gasteiger partial charge in [-0.25, -0.2) is 9.78 Å². The van der Waals surface area contributed by atoms with E-state index in [1.54, 1.807) is 4.90 Å². The Morgan fingerprint density at radius 1 is 1.50 bits per heavy atom. The number of pyridine rings is 1. The van der Waals surface area contributed by atoms with Crippen molar-refractivity contribution in [1.29, 1.82) is 0 Å². The van der Waals surface area contributed by atoms with Gasteiger partial charge in [-0.1, -0.05) is 0 Å². The molecule has 4 N–H and O–H groups in total. The number of hydrogen-bond acceptors (Lipinski definition) is 6. The first-order valence-corrected chi connectivity index (χ1v) is 5.36. The lowest BCUT2D eigenvalue weighted by atomic mass is 10.2. The van der Waals surface area contributed by atoms with Gasteiger partial charge in [0.1, 0.15) is 11.4 Å². The lowest BCUT2D eigenvalue weighted by molar-refractivity contribution is -0.116. The number of likely N-dealkylation sites (N-methyl/N-ethyl adjacent to an activating group) is 1. The number of nitrogens with zero attached hydrogens (tertiary/aromatic N) is 2. The molecule has 0 bridgehead atoms. The third kappa shape index (κ3) is 3.09. The number of methoxy groups -OCH3 is 1. The van der Waals surface area contributed by atoms with E-state index in [4.69, 9.17) is 11.5 Å². The second-order valence-corrected chi connectivity index (χ2v) is 3.61. The van der Waals surface area contributed by atoms with E-state index < -0.39 is 11.9 Å². The zero-order valence-corrected chi connectivity index (χ0v) is 10.3. The number of esters is 1. The third-order valence-electron chi connectivity index (χ3n) is 2.32. The summed E-state index contributed by atoms with van der Waals surface area (Å²) in [4.78, 5) is 28.2. The highest BCUT2D eigenvalue weighted by molar-refractivity contribution is 5.96. The maximum Gasteiger partial charge on any atom is 0.341 e. The molecule has 18 heavy (non-hydrogen) atoms. The van der Waals surface area contributed by atoms with Crippen molar-refractivity contribution in [2.75, 3.05) is 30.8 Å². The van der Waals surface area contributed by atoms with E-state index in [1.165, 1.54) is 19.4 Å². The minimum atomic E-state index is -0.562. The molecule has 1 amide bonds. The van der Waals surface area contributed by atoms with Crippen LogP contribution in [0.4, 0.5) is 11.5 Å². The normalized spacial score (nSPS) is 9.89. The Kier molecular flexibility index (Phi) is 4.47. The van der Waals surface area contributed by atoms with E-state index in [9.17, 15) is 9.59 Å². The van der Waals surface area contributed by atoms with Crippen molar-refractivity contribution in [2.24, 2.45) is 5.73 Å². The zero-order chi connectivity index (χ0) is 13.7. The number of hydrogen-bond donors (Lipinski definition) is 2. The average molecular weight is 252 g/mol. The van der Waals surface area contributed by atoms with Crippen molar-refractivity contribution in [2.45, 2.75) is 6.92 Å². The van der Waals surface area contributed by atoms with Gasteiger partial charge in [-0.05, 0) is 13.0 Å². The Morgan fingerprint density at radius 3 is 2.67 bits per heavy atom. The second kappa shape index (κ2) is 5.85. The topological polar surface area (TPSA) is 112 Å². The SMILES string of the molecule is CCN(CC(N)=O)c1ncc(N)cc1C(=O)OC. The standard InChI is InChI=1S/C11H16N4O3/c1-3-15(6-9(13)16)10-8(11(17)18-2)4-7(12)5-14-10/h4-5H,3,6,12H2,1-2H3,(H2,13,16). The number of primary amides is 1. The maximum absolute atomic E-state index is 11.6. The predicted molar refractivity (Wildman–Crippen MR) is 67.1 cm³/mol. The van der Waals surface area contributed by atoms with Gasteiger partial charge in [-0.3, -0.25) is 4.79 Å². The van der Waals surface area contributed by atoms with Crippen LogP contribution in [0.2, 0.25) is 0 Å². The van der Waals surface area contributed by atoms with Crippen molar-refractivity contribution in [3.8, 4) is 0 Å². The first-order chi connectivity index (χ1) is 8.49. The van der Waals surface area contributed by atoms with E-state index >= 15 is 0 Å². The first kappa shape index (κ1) is 13.8. The molecule has 0 radical (unpaired) electrons. The summed E-state index contributed by atoms with van der Waals surface area (Å²) < 4.78 is 4.65. The number of aromatic nitrogens is 1. The monoisotopic (exact) mass is 252 g/mol. The third-order valence-corrected chi connectivity index (χ3v) is 2.32. The van der Waals surface area contributed by atoms with E-state index in [0.717, 1.165) is 0 Å². The van der Waals surface area contributed by atoms with Gasteiger partial charge in [0.05, 0.1) is 25.5 Å². The maximum atomic E-state index is 11.6. The molecule has 0 fully saturated rings. The molecular weight excluding hydrogens is 236 g/mol. The fraction of sp³-hybridized carbons (Fsp3) is 0.364. The molecule has 0 saturated carbocycles. The van der Waals surface area contributed by atoms with Crippen molar-refractivity contribution in [3.05, 3.63) is 17.8 Å². The van der Waals surface area contributed by atoms with Crippen LogP contribution >= 0.6 is 0 Å². The highest BCUT2D eigenvalue weighted by Crippen LogP contribution is 2.20. The van der Waals surface area contributed by atoms with Crippen molar-refractivity contribution in [3.63, 3.8) is 0 Å². The fourth-order valence-electron chi connectivity index (χ4n) is 1.51. The smallest absolute Gasteiger partial charge is 0.341 e. The van der Waals surface area contributed by atoms with Crippen LogP contribution < -0.4 is 16.4 Å². The summed E-state index contributed by atoms with van der Waals surface area (Å²) in [5.41, 5.74) is 11.3. The Bertz CT molecular complexity index is 462. The molecule has 0 spiro atoms. The van der Waals surface area contributed by atoms with Gasteiger partial charge in [0.2, 0.25) is 5.91 Å². The number of carbonyl (C=O) groups is 2. The van der Waals surface area contributed by atoms with Crippen molar-refractivity contribution in [1.82, 2.24) is 4.98 Å². The first-order valence-electron chi connectivity index (χ1n) is 5.36. The molecule has 0 saturated heterocycles. The molecule has 0 aliphatic rings. The van der Waals surface area contributed by atoms with E-state index in [2.05, 4.69) is 9.72 Å². The highest BCUT2D eigenvalue weighted by Gasteiger charge is 2.19. The summed E-state index contributed by atoms with van der Waals surface area (Å²) in [6.45, 7) is 2.27. The summed E-state index contributed by atoms with van der Waals surface area (Å²) in [5.74, 6) is -0.739. The molecule has 1 rings (SSSR count). The predicted octanol–water partition coefficient (Wildman–Crippen LogP) is -0.238. The molecule has 0 aromatic carbocycles. The number of rotatable bonds is 5. The van der Waals surface area contributed by atoms with Gasteiger partial charge in [0.25, 0.3) is 0 Å². The van der Waals surface area contributed by atoms with Crippen LogP contribution in [0.5, 0.6) is 0 Å². The molecule has 1 aromatic rings. The second-order valence-electron chi connectivity index (χ2n) is 3.61. The minimum Gasteiger partial charge on any atom is -0.465 e. The molecule has 0 atom stereocenters. The Hall–Kier alpha value is -2.31. The lowest BCUT2D eigenvalue weighted by Crippen LogP contribution is -2.35. The van der Waals surface area contributed by atoms with Crippen LogP contribution in [0.15, 0.2) is 12.3 Å². The summed E-state index contributed by atoms with van der Waals surface area (Å²) in [6.07, 6.45) is 1.41. The molecular formula is C11H16N4O3. The Morgan fingerprint density at radius 2 is 2.17 bits per heavy atom. The quantitative estimate of drug-likeness (QED) is 0.700. The van der Waals surface area contributed by atoms with E-state index in [0.29, 0.717) is 18.1 Å². The largest absolute Gasteiger partial charge is 0.465 e. The number of anilines is 2. The Balaban J connectivity index is 3.20. The number of nitrogens with two attached hydrogens (primary N) is 2. The van der Waals surface area contributed by atoms with Crippen LogP contribution in [0.25, 0.3) is 0 Å². The molecule has 0 aliphatic heterocycles. The molecule has 0 aliphatic carbocycles. The minimum absolute atomic E-state index is 0.0303. The molecule has 7 heteroatoms. The van der Waals surface area contributed by atoms with Crippen LogP contribution in [0, 0.1) is 0 Å². The molecule has 1 aromatic heterocycles. The zero-order valence-electron chi connectivity index (χ0n) is 10.3. The van der Waals surface area contributed by atoms with Crippen molar-refractivity contribution >= 4 is 23.4 Å². The summed E-state index contributed by atoms with van der Waals surface area (Å²) in [7, 11) is 1.26. The molecule has 98 valence electrons. The van der Waals surface area contributed by atoms with Crippen LogP contribution in [-0.2, 0) is 9.53 Å². The molecule has 0 unspecified atom stereocenters. The summed E-state index contributed by atoms with van der Waals surface area (Å²) >= 11 is 0. The van der Waals surface area contributed by atoms with Gasteiger partial charge < -0.3 is 21.1 Å². The summed E-state index contributed by atoms with van der Waals surface area (Å²) in [6, 6.07) is 1.46. The number of ether oxygens (including phenoxy) is 1. The van der Waals surface area contributed by atoms with Gasteiger partial charge in [0, 0.05) is 6.54 Å². The van der Waals surface area contributed by atoms with Gasteiger partial charge in [0.15, 0.2) is 0 Å². The van der Waals surface area contributed by atoms with E-state index in [1.807, 2.05) is 6.92 Å².